The molecular weight excluding hydrogens is 176 g/mol. The van der Waals surface area contributed by atoms with Crippen LogP contribution in [0, 0.1) is 0 Å². The maximum absolute atomic E-state index is 5.76. The van der Waals surface area contributed by atoms with Gasteiger partial charge in [0.25, 0.3) is 0 Å². The van der Waals surface area contributed by atoms with Crippen LogP contribution in [0.15, 0.2) is 18.6 Å². The van der Waals surface area contributed by atoms with E-state index in [1.54, 1.807) is 6.20 Å². The van der Waals surface area contributed by atoms with Crippen molar-refractivity contribution >= 4 is 11.3 Å². The number of imidazole rings is 1. The summed E-state index contributed by atoms with van der Waals surface area (Å²) in [5.74, 6) is 2.32. The third kappa shape index (κ3) is 0.937. The normalized spacial score (nSPS) is 17.1. The van der Waals surface area contributed by atoms with Gasteiger partial charge in [0.05, 0.1) is 6.20 Å². The number of fused-ring (bicyclic) bond motifs is 1. The van der Waals surface area contributed by atoms with Crippen molar-refractivity contribution in [2.75, 3.05) is 5.73 Å². The zero-order valence-electron chi connectivity index (χ0n) is 7.85. The van der Waals surface area contributed by atoms with E-state index in [0.717, 1.165) is 11.3 Å². The van der Waals surface area contributed by atoms with Crippen LogP contribution < -0.4 is 5.73 Å². The summed E-state index contributed by atoms with van der Waals surface area (Å²) in [6, 6.07) is 0. The summed E-state index contributed by atoms with van der Waals surface area (Å²) in [4.78, 5) is 8.46. The van der Waals surface area contributed by atoms with Gasteiger partial charge in [-0.2, -0.15) is 0 Å². The molecule has 2 aromatic heterocycles. The first-order valence-corrected chi connectivity index (χ1v) is 4.93. The highest BCUT2D eigenvalue weighted by Crippen LogP contribution is 2.35. The van der Waals surface area contributed by atoms with Gasteiger partial charge in [0, 0.05) is 18.3 Å². The minimum Gasteiger partial charge on any atom is -0.382 e. The molecule has 1 fully saturated rings. The summed E-state index contributed by atoms with van der Waals surface area (Å²) in [6.45, 7) is 0. The molecule has 4 heteroatoms. The molecule has 4 nitrogen and oxygen atoms in total. The first-order valence-electron chi connectivity index (χ1n) is 4.93. The minimum atomic E-state index is 0.561. The summed E-state index contributed by atoms with van der Waals surface area (Å²) in [5, 5.41) is 0. The van der Waals surface area contributed by atoms with Gasteiger partial charge in [-0.05, 0) is 12.8 Å². The van der Waals surface area contributed by atoms with Crippen LogP contribution in [0.4, 0.5) is 5.82 Å². The van der Waals surface area contributed by atoms with Crippen LogP contribution in [-0.2, 0) is 0 Å². The molecule has 2 N–H and O–H groups in total. The smallest absolute Gasteiger partial charge is 0.149 e. The van der Waals surface area contributed by atoms with Gasteiger partial charge in [-0.15, -0.1) is 0 Å². The average Bonchev–Trinajstić information content (AvgIpc) is 2.48. The molecule has 0 saturated heterocycles. The molecule has 2 aromatic rings. The lowest BCUT2D eigenvalue weighted by atomic mass is 9.85. The first kappa shape index (κ1) is 7.79. The van der Waals surface area contributed by atoms with E-state index >= 15 is 0 Å². The Balaban J connectivity index is 2.20. The lowest BCUT2D eigenvalue weighted by molar-refractivity contribution is 0.400. The molecule has 1 aliphatic carbocycles. The van der Waals surface area contributed by atoms with Crippen molar-refractivity contribution < 1.29 is 0 Å². The van der Waals surface area contributed by atoms with Crippen LogP contribution in [0.1, 0.15) is 31.0 Å². The summed E-state index contributed by atoms with van der Waals surface area (Å²) >= 11 is 0. The second-order valence-corrected chi connectivity index (χ2v) is 3.81. The second kappa shape index (κ2) is 2.70. The van der Waals surface area contributed by atoms with Crippen LogP contribution in [0.3, 0.4) is 0 Å². The van der Waals surface area contributed by atoms with E-state index in [0.29, 0.717) is 11.7 Å². The predicted molar refractivity (Wildman–Crippen MR) is 54.0 cm³/mol. The van der Waals surface area contributed by atoms with E-state index in [4.69, 9.17) is 5.73 Å². The highest BCUT2D eigenvalue weighted by Gasteiger charge is 2.23. The number of aromatic nitrogens is 3. The largest absolute Gasteiger partial charge is 0.382 e. The Hall–Kier alpha value is -1.58. The highest BCUT2D eigenvalue weighted by atomic mass is 15.1. The number of hydrogen-bond acceptors (Lipinski definition) is 3. The topological polar surface area (TPSA) is 56.2 Å². The number of hydrogen-bond donors (Lipinski definition) is 1. The molecule has 0 aliphatic heterocycles. The third-order valence-corrected chi connectivity index (χ3v) is 2.99. The number of nitrogen functional groups attached to an aromatic ring is 1. The van der Waals surface area contributed by atoms with Gasteiger partial charge in [0.1, 0.15) is 17.2 Å². The van der Waals surface area contributed by atoms with Gasteiger partial charge in [0.15, 0.2) is 0 Å². The van der Waals surface area contributed by atoms with Crippen LogP contribution in [0.25, 0.3) is 5.52 Å². The van der Waals surface area contributed by atoms with Gasteiger partial charge in [0.2, 0.25) is 0 Å². The average molecular weight is 188 g/mol. The van der Waals surface area contributed by atoms with Crippen molar-refractivity contribution in [1.82, 2.24) is 14.4 Å². The van der Waals surface area contributed by atoms with Crippen molar-refractivity contribution in [1.29, 1.82) is 0 Å². The molecule has 0 amide bonds. The molecule has 0 unspecified atom stereocenters. The SMILES string of the molecule is Nc1nccn2c(C3CCC3)ncc12. The monoisotopic (exact) mass is 188 g/mol. The lowest BCUT2D eigenvalue weighted by Gasteiger charge is -2.23. The third-order valence-electron chi connectivity index (χ3n) is 2.99. The molecule has 1 saturated carbocycles. The number of rotatable bonds is 1. The quantitative estimate of drug-likeness (QED) is 0.739. The Morgan fingerprint density at radius 2 is 2.21 bits per heavy atom. The maximum Gasteiger partial charge on any atom is 0.149 e. The molecule has 1 aliphatic rings. The Morgan fingerprint density at radius 3 is 2.93 bits per heavy atom. The van der Waals surface area contributed by atoms with Gasteiger partial charge in [-0.3, -0.25) is 4.40 Å². The zero-order chi connectivity index (χ0) is 9.54. The molecule has 0 atom stereocenters. The van der Waals surface area contributed by atoms with Crippen molar-refractivity contribution in [2.45, 2.75) is 25.2 Å². The Labute approximate surface area is 81.8 Å². The van der Waals surface area contributed by atoms with Gasteiger partial charge < -0.3 is 5.73 Å². The molecular formula is C10H12N4. The summed E-state index contributed by atoms with van der Waals surface area (Å²) in [6.07, 6.45) is 9.30. The Bertz CT molecular complexity index is 470. The summed E-state index contributed by atoms with van der Waals surface area (Å²) in [7, 11) is 0. The van der Waals surface area contributed by atoms with Crippen LogP contribution in [-0.4, -0.2) is 14.4 Å². The van der Waals surface area contributed by atoms with E-state index in [9.17, 15) is 0 Å². The maximum atomic E-state index is 5.76. The Kier molecular flexibility index (Phi) is 1.50. The second-order valence-electron chi connectivity index (χ2n) is 3.81. The Morgan fingerprint density at radius 1 is 1.36 bits per heavy atom. The van der Waals surface area contributed by atoms with Crippen molar-refractivity contribution in [3.05, 3.63) is 24.4 Å². The van der Waals surface area contributed by atoms with Crippen molar-refractivity contribution in [3.63, 3.8) is 0 Å². The van der Waals surface area contributed by atoms with E-state index in [-0.39, 0.29) is 0 Å². The van der Waals surface area contributed by atoms with Crippen LogP contribution in [0.2, 0.25) is 0 Å². The molecule has 3 rings (SSSR count). The molecule has 72 valence electrons. The number of anilines is 1. The molecule has 2 heterocycles. The summed E-state index contributed by atoms with van der Waals surface area (Å²) in [5.41, 5.74) is 6.68. The fourth-order valence-corrected chi connectivity index (χ4v) is 1.94. The van der Waals surface area contributed by atoms with E-state index in [2.05, 4.69) is 14.4 Å². The molecule has 14 heavy (non-hydrogen) atoms. The molecule has 0 aromatic carbocycles. The lowest BCUT2D eigenvalue weighted by Crippen LogP contribution is -2.12. The van der Waals surface area contributed by atoms with Gasteiger partial charge in [-0.25, -0.2) is 9.97 Å². The highest BCUT2D eigenvalue weighted by molar-refractivity contribution is 5.64. The standard InChI is InChI=1S/C10H12N4/c11-9-8-6-13-10(7-2-1-3-7)14(8)5-4-12-9/h4-7H,1-3H2,(H2,11,12). The van der Waals surface area contributed by atoms with Crippen LogP contribution >= 0.6 is 0 Å². The van der Waals surface area contributed by atoms with Gasteiger partial charge >= 0.3 is 0 Å². The minimum absolute atomic E-state index is 0.561. The van der Waals surface area contributed by atoms with Crippen molar-refractivity contribution in [3.8, 4) is 0 Å². The molecule has 0 radical (unpaired) electrons. The zero-order valence-corrected chi connectivity index (χ0v) is 7.85. The van der Waals surface area contributed by atoms with Gasteiger partial charge in [-0.1, -0.05) is 6.42 Å². The summed E-state index contributed by atoms with van der Waals surface area (Å²) < 4.78 is 2.06. The first-order chi connectivity index (χ1) is 6.86. The van der Waals surface area contributed by atoms with Crippen LogP contribution in [0.5, 0.6) is 0 Å². The number of nitrogens with zero attached hydrogens (tertiary/aromatic N) is 3. The van der Waals surface area contributed by atoms with E-state index in [1.807, 2.05) is 12.4 Å². The van der Waals surface area contributed by atoms with Crippen molar-refractivity contribution in [2.24, 2.45) is 0 Å². The fourth-order valence-electron chi connectivity index (χ4n) is 1.94. The molecule has 0 spiro atoms. The fraction of sp³-hybridized carbons (Fsp3) is 0.400. The number of nitrogens with two attached hydrogens (primary N) is 1. The van der Waals surface area contributed by atoms with E-state index < -0.39 is 0 Å². The van der Waals surface area contributed by atoms with E-state index in [1.165, 1.54) is 19.3 Å². The molecule has 0 bridgehead atoms. The predicted octanol–water partition coefficient (Wildman–Crippen LogP) is 1.58.